The number of hydrogen-bond donors (Lipinski definition) is 0. The van der Waals surface area contributed by atoms with Gasteiger partial charge in [0.05, 0.1) is 22.5 Å². The highest BCUT2D eigenvalue weighted by atomic mass is 19.3. The molecular formula is C14H15F2N5. The van der Waals surface area contributed by atoms with Crippen molar-refractivity contribution in [1.29, 1.82) is 0 Å². The van der Waals surface area contributed by atoms with E-state index < -0.39 is 6.43 Å². The summed E-state index contributed by atoms with van der Waals surface area (Å²) in [5.74, 6) is 0. The minimum absolute atomic E-state index is 0.0381. The van der Waals surface area contributed by atoms with Crippen LogP contribution in [0.15, 0.2) is 12.3 Å². The van der Waals surface area contributed by atoms with Crippen molar-refractivity contribution in [3.63, 3.8) is 0 Å². The van der Waals surface area contributed by atoms with Crippen LogP contribution in [-0.4, -0.2) is 24.5 Å². The first-order chi connectivity index (χ1) is 9.88. The lowest BCUT2D eigenvalue weighted by Crippen LogP contribution is -1.96. The Balaban J connectivity index is 2.35. The molecule has 0 amide bonds. The molecule has 21 heavy (non-hydrogen) atoms. The first-order valence-electron chi connectivity index (χ1n) is 6.51. The third-order valence-corrected chi connectivity index (χ3v) is 3.52. The summed E-state index contributed by atoms with van der Waals surface area (Å²) in [6, 6.07) is 1.44. The van der Waals surface area contributed by atoms with Crippen LogP contribution in [0.25, 0.3) is 22.3 Å². The number of rotatable bonds is 2. The van der Waals surface area contributed by atoms with Gasteiger partial charge in [-0.15, -0.1) is 0 Å². The molecule has 0 bridgehead atoms. The highest BCUT2D eigenvalue weighted by Crippen LogP contribution is 2.33. The van der Waals surface area contributed by atoms with Crippen molar-refractivity contribution in [3.8, 4) is 11.3 Å². The van der Waals surface area contributed by atoms with Crippen molar-refractivity contribution < 1.29 is 8.78 Å². The maximum Gasteiger partial charge on any atom is 0.264 e. The summed E-state index contributed by atoms with van der Waals surface area (Å²) >= 11 is 0. The lowest BCUT2D eigenvalue weighted by molar-refractivity contribution is 0.153. The molecule has 0 atom stereocenters. The van der Waals surface area contributed by atoms with Gasteiger partial charge in [-0.25, -0.2) is 13.8 Å². The topological polar surface area (TPSA) is 48.5 Å². The van der Waals surface area contributed by atoms with Crippen molar-refractivity contribution in [3.05, 3.63) is 29.2 Å². The zero-order valence-corrected chi connectivity index (χ0v) is 12.2. The van der Waals surface area contributed by atoms with Gasteiger partial charge in [0.2, 0.25) is 0 Å². The van der Waals surface area contributed by atoms with Gasteiger partial charge in [-0.2, -0.15) is 10.2 Å². The van der Waals surface area contributed by atoms with Crippen LogP contribution in [0.1, 0.15) is 23.4 Å². The zero-order chi connectivity index (χ0) is 15.3. The van der Waals surface area contributed by atoms with Gasteiger partial charge < -0.3 is 0 Å². The summed E-state index contributed by atoms with van der Waals surface area (Å²) in [4.78, 5) is 4.50. The van der Waals surface area contributed by atoms with E-state index in [0.717, 1.165) is 11.3 Å². The fraction of sp³-hybridized carbons (Fsp3) is 0.357. The maximum absolute atomic E-state index is 13.4. The number of fused-ring (bicyclic) bond motifs is 1. The largest absolute Gasteiger partial charge is 0.275 e. The van der Waals surface area contributed by atoms with Crippen LogP contribution in [0.5, 0.6) is 0 Å². The molecule has 0 fully saturated rings. The van der Waals surface area contributed by atoms with E-state index >= 15 is 0 Å². The number of aromatic nitrogens is 5. The van der Waals surface area contributed by atoms with Crippen LogP contribution in [0.2, 0.25) is 0 Å². The standard InChI is InChI=1S/C14H15F2N5/c1-7-10(6-20(3)18-7)11-5-9(13(15)16)12-8(2)19-21(4)14(12)17-11/h5-6,13H,1-4H3. The molecule has 0 aliphatic carbocycles. The van der Waals surface area contributed by atoms with Gasteiger partial charge >= 0.3 is 0 Å². The number of alkyl halides is 2. The Labute approximate surface area is 120 Å². The van der Waals surface area contributed by atoms with E-state index in [-0.39, 0.29) is 5.56 Å². The van der Waals surface area contributed by atoms with Gasteiger partial charge in [0, 0.05) is 31.4 Å². The van der Waals surface area contributed by atoms with E-state index in [1.54, 1.807) is 31.9 Å². The Kier molecular flexibility index (Phi) is 3.00. The number of aryl methyl sites for hydroxylation is 4. The molecule has 7 heteroatoms. The Hall–Kier alpha value is -2.31. The highest BCUT2D eigenvalue weighted by molar-refractivity contribution is 5.85. The van der Waals surface area contributed by atoms with Crippen LogP contribution >= 0.6 is 0 Å². The molecule has 0 spiro atoms. The van der Waals surface area contributed by atoms with E-state index in [1.807, 2.05) is 6.92 Å². The predicted molar refractivity (Wildman–Crippen MR) is 75.1 cm³/mol. The quantitative estimate of drug-likeness (QED) is 0.729. The second-order valence-electron chi connectivity index (χ2n) is 5.11. The lowest BCUT2D eigenvalue weighted by Gasteiger charge is -2.06. The molecule has 0 saturated heterocycles. The smallest absolute Gasteiger partial charge is 0.264 e. The van der Waals surface area contributed by atoms with Crippen LogP contribution in [-0.2, 0) is 14.1 Å². The Bertz CT molecular complexity index is 832. The van der Waals surface area contributed by atoms with Crippen LogP contribution in [0, 0.1) is 13.8 Å². The number of hydrogen-bond acceptors (Lipinski definition) is 3. The van der Waals surface area contributed by atoms with Crippen molar-refractivity contribution in [2.75, 3.05) is 0 Å². The minimum Gasteiger partial charge on any atom is -0.275 e. The summed E-state index contributed by atoms with van der Waals surface area (Å²) in [5.41, 5.74) is 2.98. The van der Waals surface area contributed by atoms with Gasteiger partial charge in [0.25, 0.3) is 6.43 Å². The Morgan fingerprint density at radius 2 is 1.81 bits per heavy atom. The van der Waals surface area contributed by atoms with Crippen LogP contribution in [0.4, 0.5) is 8.78 Å². The third-order valence-electron chi connectivity index (χ3n) is 3.52. The first-order valence-corrected chi connectivity index (χ1v) is 6.51. The number of pyridine rings is 1. The van der Waals surface area contributed by atoms with Gasteiger partial charge in [-0.3, -0.25) is 9.36 Å². The van der Waals surface area contributed by atoms with E-state index in [2.05, 4.69) is 15.2 Å². The monoisotopic (exact) mass is 291 g/mol. The van der Waals surface area contributed by atoms with E-state index in [4.69, 9.17) is 0 Å². The van der Waals surface area contributed by atoms with E-state index in [0.29, 0.717) is 22.4 Å². The summed E-state index contributed by atoms with van der Waals surface area (Å²) in [5, 5.41) is 8.86. The molecule has 0 aromatic carbocycles. The molecule has 0 aliphatic rings. The zero-order valence-electron chi connectivity index (χ0n) is 12.2. The predicted octanol–water partition coefficient (Wildman–Crippen LogP) is 2.92. The summed E-state index contributed by atoms with van der Waals surface area (Å²) in [6.45, 7) is 3.54. The Morgan fingerprint density at radius 1 is 1.10 bits per heavy atom. The van der Waals surface area contributed by atoms with Crippen molar-refractivity contribution in [2.24, 2.45) is 14.1 Å². The van der Waals surface area contributed by atoms with Crippen LogP contribution < -0.4 is 0 Å². The first kappa shape index (κ1) is 13.7. The van der Waals surface area contributed by atoms with Crippen molar-refractivity contribution in [1.82, 2.24) is 24.5 Å². The molecule has 0 N–H and O–H groups in total. The minimum atomic E-state index is -2.57. The number of halogens is 2. The van der Waals surface area contributed by atoms with Gasteiger partial charge in [0.15, 0.2) is 5.65 Å². The fourth-order valence-electron chi connectivity index (χ4n) is 2.64. The molecular weight excluding hydrogens is 276 g/mol. The van der Waals surface area contributed by atoms with Gasteiger partial charge in [0.1, 0.15) is 0 Å². The van der Waals surface area contributed by atoms with Crippen LogP contribution in [0.3, 0.4) is 0 Å². The average Bonchev–Trinajstić information content (AvgIpc) is 2.89. The average molecular weight is 291 g/mol. The van der Waals surface area contributed by atoms with Gasteiger partial charge in [-0.05, 0) is 19.9 Å². The van der Waals surface area contributed by atoms with Gasteiger partial charge in [-0.1, -0.05) is 0 Å². The summed E-state index contributed by atoms with van der Waals surface area (Å²) < 4.78 is 30.0. The molecule has 0 radical (unpaired) electrons. The molecule has 5 nitrogen and oxygen atoms in total. The molecule has 0 saturated carbocycles. The molecule has 0 unspecified atom stereocenters. The normalized spacial score (nSPS) is 11.8. The Morgan fingerprint density at radius 3 is 2.38 bits per heavy atom. The van der Waals surface area contributed by atoms with Crippen molar-refractivity contribution in [2.45, 2.75) is 20.3 Å². The molecule has 3 heterocycles. The highest BCUT2D eigenvalue weighted by Gasteiger charge is 2.21. The van der Waals surface area contributed by atoms with E-state index in [9.17, 15) is 8.78 Å². The molecule has 3 aromatic rings. The molecule has 3 rings (SSSR count). The fourth-order valence-corrected chi connectivity index (χ4v) is 2.64. The molecule has 0 aliphatic heterocycles. The summed E-state index contributed by atoms with van der Waals surface area (Å²) in [6.07, 6.45) is -0.795. The molecule has 110 valence electrons. The third kappa shape index (κ3) is 2.09. The second kappa shape index (κ2) is 4.61. The second-order valence-corrected chi connectivity index (χ2v) is 5.11. The lowest BCUT2D eigenvalue weighted by atomic mass is 10.1. The summed E-state index contributed by atoms with van der Waals surface area (Å²) in [7, 11) is 3.49. The number of nitrogens with zero attached hydrogens (tertiary/aromatic N) is 5. The van der Waals surface area contributed by atoms with Crippen molar-refractivity contribution >= 4 is 11.0 Å². The molecule has 3 aromatic heterocycles. The maximum atomic E-state index is 13.4. The SMILES string of the molecule is Cc1nn(C)cc1-c1cc(C(F)F)c2c(C)nn(C)c2n1. The van der Waals surface area contributed by atoms with E-state index in [1.165, 1.54) is 10.7 Å².